The van der Waals surface area contributed by atoms with E-state index in [0.29, 0.717) is 11.3 Å². The van der Waals surface area contributed by atoms with Crippen LogP contribution in [0.5, 0.6) is 5.75 Å². The lowest BCUT2D eigenvalue weighted by Gasteiger charge is -2.20. The Labute approximate surface area is 117 Å². The lowest BCUT2D eigenvalue weighted by Crippen LogP contribution is -2.27. The van der Waals surface area contributed by atoms with E-state index in [1.807, 2.05) is 0 Å². The van der Waals surface area contributed by atoms with Gasteiger partial charge in [0.15, 0.2) is 0 Å². The van der Waals surface area contributed by atoms with Crippen molar-refractivity contribution in [2.75, 3.05) is 12.4 Å². The third-order valence-electron chi connectivity index (χ3n) is 2.41. The van der Waals surface area contributed by atoms with Crippen molar-refractivity contribution in [3.8, 4) is 5.75 Å². The Morgan fingerprint density at radius 1 is 1.25 bits per heavy atom. The molecule has 1 rings (SSSR count). The zero-order chi connectivity index (χ0) is 15.5. The van der Waals surface area contributed by atoms with E-state index in [1.165, 1.54) is 19.2 Å². The minimum Gasteiger partial charge on any atom is -0.495 e. The number of aryl methyl sites for hydroxylation is 1. The summed E-state index contributed by atoms with van der Waals surface area (Å²) in [5.41, 5.74) is 0.387. The number of carboxylic acids is 1. The van der Waals surface area contributed by atoms with E-state index in [1.54, 1.807) is 27.7 Å². The summed E-state index contributed by atoms with van der Waals surface area (Å²) in [6.07, 6.45) is -0.627. The smallest absolute Gasteiger partial charge is 0.412 e. The number of hydrogen-bond acceptors (Lipinski definition) is 4. The van der Waals surface area contributed by atoms with Gasteiger partial charge in [0.05, 0.1) is 18.4 Å². The summed E-state index contributed by atoms with van der Waals surface area (Å²) in [7, 11) is 1.40. The molecule has 0 fully saturated rings. The Kier molecular flexibility index (Phi) is 4.60. The maximum atomic E-state index is 11.7. The van der Waals surface area contributed by atoms with E-state index in [0.717, 1.165) is 0 Å². The van der Waals surface area contributed by atoms with Crippen LogP contribution < -0.4 is 10.1 Å². The van der Waals surface area contributed by atoms with Gasteiger partial charge in [0.1, 0.15) is 11.4 Å². The van der Waals surface area contributed by atoms with Crippen molar-refractivity contribution in [2.24, 2.45) is 0 Å². The van der Waals surface area contributed by atoms with Gasteiger partial charge in [0.2, 0.25) is 0 Å². The number of anilines is 1. The van der Waals surface area contributed by atoms with Gasteiger partial charge in [-0.1, -0.05) is 0 Å². The van der Waals surface area contributed by atoms with Gasteiger partial charge in [-0.05, 0) is 45.4 Å². The highest BCUT2D eigenvalue weighted by Crippen LogP contribution is 2.28. The monoisotopic (exact) mass is 281 g/mol. The van der Waals surface area contributed by atoms with E-state index < -0.39 is 17.7 Å². The number of carboxylic acid groups (broad SMARTS) is 1. The summed E-state index contributed by atoms with van der Waals surface area (Å²) in [6.45, 7) is 6.90. The van der Waals surface area contributed by atoms with Gasteiger partial charge >= 0.3 is 12.1 Å². The van der Waals surface area contributed by atoms with Crippen molar-refractivity contribution in [3.05, 3.63) is 23.3 Å². The molecule has 1 aromatic carbocycles. The van der Waals surface area contributed by atoms with Gasteiger partial charge in [-0.3, -0.25) is 5.32 Å². The normalized spacial score (nSPS) is 10.8. The molecule has 6 nitrogen and oxygen atoms in total. The quantitative estimate of drug-likeness (QED) is 0.889. The fraction of sp³-hybridized carbons (Fsp3) is 0.429. The Morgan fingerprint density at radius 3 is 2.30 bits per heavy atom. The molecule has 20 heavy (non-hydrogen) atoms. The van der Waals surface area contributed by atoms with Gasteiger partial charge < -0.3 is 14.6 Å². The Morgan fingerprint density at radius 2 is 1.85 bits per heavy atom. The molecule has 0 radical (unpaired) electrons. The molecule has 1 amide bonds. The van der Waals surface area contributed by atoms with Crippen molar-refractivity contribution >= 4 is 17.7 Å². The number of ether oxygens (including phenoxy) is 2. The second-order valence-corrected chi connectivity index (χ2v) is 5.30. The average molecular weight is 281 g/mol. The largest absolute Gasteiger partial charge is 0.495 e. The molecule has 0 bridgehead atoms. The Hall–Kier alpha value is -2.24. The lowest BCUT2D eigenvalue weighted by atomic mass is 10.1. The van der Waals surface area contributed by atoms with Gasteiger partial charge in [-0.15, -0.1) is 0 Å². The van der Waals surface area contributed by atoms with Crippen LogP contribution in [0.15, 0.2) is 12.1 Å². The molecule has 0 spiro atoms. The zero-order valence-corrected chi connectivity index (χ0v) is 12.2. The van der Waals surface area contributed by atoms with Crippen LogP contribution in [0, 0.1) is 6.92 Å². The molecule has 0 aliphatic rings. The van der Waals surface area contributed by atoms with Crippen LogP contribution in [-0.2, 0) is 4.74 Å². The molecule has 0 unspecified atom stereocenters. The molecule has 6 heteroatoms. The number of carbonyl (C=O) groups is 2. The summed E-state index contributed by atoms with van der Waals surface area (Å²) in [5.74, 6) is -0.788. The summed E-state index contributed by atoms with van der Waals surface area (Å²) >= 11 is 0. The maximum Gasteiger partial charge on any atom is 0.412 e. The van der Waals surface area contributed by atoms with Gasteiger partial charge in [0, 0.05) is 0 Å². The van der Waals surface area contributed by atoms with Crippen LogP contribution in [0.1, 0.15) is 36.7 Å². The first kappa shape index (κ1) is 15.8. The Bertz CT molecular complexity index is 531. The van der Waals surface area contributed by atoms with Crippen LogP contribution in [-0.4, -0.2) is 29.9 Å². The minimum atomic E-state index is -1.05. The fourth-order valence-electron chi connectivity index (χ4n) is 1.60. The molecule has 1 aromatic rings. The molecule has 110 valence electrons. The van der Waals surface area contributed by atoms with Crippen molar-refractivity contribution in [1.82, 2.24) is 0 Å². The number of benzene rings is 1. The molecule has 0 aromatic heterocycles. The first-order chi connectivity index (χ1) is 9.14. The van der Waals surface area contributed by atoms with E-state index in [9.17, 15) is 9.59 Å². The predicted molar refractivity (Wildman–Crippen MR) is 74.5 cm³/mol. The first-order valence-electron chi connectivity index (χ1n) is 6.06. The van der Waals surface area contributed by atoms with Crippen LogP contribution >= 0.6 is 0 Å². The van der Waals surface area contributed by atoms with Crippen molar-refractivity contribution in [1.29, 1.82) is 0 Å². The number of amides is 1. The van der Waals surface area contributed by atoms with E-state index in [4.69, 9.17) is 14.6 Å². The third-order valence-corrected chi connectivity index (χ3v) is 2.41. The van der Waals surface area contributed by atoms with Crippen molar-refractivity contribution in [3.63, 3.8) is 0 Å². The second-order valence-electron chi connectivity index (χ2n) is 5.30. The molecule has 2 N–H and O–H groups in total. The number of methoxy groups -OCH3 is 1. The number of aromatic carboxylic acids is 1. The third kappa shape index (κ3) is 4.15. The van der Waals surface area contributed by atoms with Crippen molar-refractivity contribution < 1.29 is 24.2 Å². The van der Waals surface area contributed by atoms with E-state index in [2.05, 4.69) is 5.32 Å². The van der Waals surface area contributed by atoms with Gasteiger partial charge in [0.25, 0.3) is 0 Å². The van der Waals surface area contributed by atoms with E-state index in [-0.39, 0.29) is 11.3 Å². The highest BCUT2D eigenvalue weighted by Gasteiger charge is 2.19. The van der Waals surface area contributed by atoms with Crippen molar-refractivity contribution in [2.45, 2.75) is 33.3 Å². The standard InChI is InChI=1S/C14H19NO5/c1-8-6-10(15-13(18)20-14(2,3)4)11(19-5)7-9(8)12(16)17/h6-7H,1-5H3,(H,15,18)(H,16,17). The fourth-order valence-corrected chi connectivity index (χ4v) is 1.60. The van der Waals surface area contributed by atoms with Gasteiger partial charge in [-0.25, -0.2) is 9.59 Å². The molecule has 0 atom stereocenters. The summed E-state index contributed by atoms with van der Waals surface area (Å²) < 4.78 is 10.2. The number of nitrogens with one attached hydrogen (secondary N) is 1. The molecular weight excluding hydrogens is 262 g/mol. The molecular formula is C14H19NO5. The summed E-state index contributed by atoms with van der Waals surface area (Å²) in [6, 6.07) is 2.90. The van der Waals surface area contributed by atoms with Crippen LogP contribution in [0.4, 0.5) is 10.5 Å². The van der Waals surface area contributed by atoms with Crippen LogP contribution in [0.3, 0.4) is 0 Å². The number of rotatable bonds is 3. The molecule has 0 saturated carbocycles. The SMILES string of the molecule is COc1cc(C(=O)O)c(C)cc1NC(=O)OC(C)(C)C. The summed E-state index contributed by atoms with van der Waals surface area (Å²) in [4.78, 5) is 22.8. The topological polar surface area (TPSA) is 84.9 Å². The molecule has 0 aliphatic heterocycles. The molecule has 0 heterocycles. The number of hydrogen-bond donors (Lipinski definition) is 2. The lowest BCUT2D eigenvalue weighted by molar-refractivity contribution is 0.0634. The first-order valence-corrected chi connectivity index (χ1v) is 6.06. The van der Waals surface area contributed by atoms with E-state index >= 15 is 0 Å². The predicted octanol–water partition coefficient (Wildman–Crippen LogP) is 3.05. The van der Waals surface area contributed by atoms with Crippen LogP contribution in [0.2, 0.25) is 0 Å². The zero-order valence-electron chi connectivity index (χ0n) is 12.2. The molecule has 0 saturated heterocycles. The van der Waals surface area contributed by atoms with Gasteiger partial charge in [-0.2, -0.15) is 0 Å². The second kappa shape index (κ2) is 5.81. The van der Waals surface area contributed by atoms with Crippen LogP contribution in [0.25, 0.3) is 0 Å². The number of carbonyl (C=O) groups excluding carboxylic acids is 1. The molecule has 0 aliphatic carbocycles. The maximum absolute atomic E-state index is 11.7. The highest BCUT2D eigenvalue weighted by molar-refractivity contribution is 5.93. The Balaban J connectivity index is 3.04. The highest BCUT2D eigenvalue weighted by atomic mass is 16.6. The minimum absolute atomic E-state index is 0.122. The summed E-state index contributed by atoms with van der Waals surface area (Å²) in [5, 5.41) is 11.6. The average Bonchev–Trinajstić information content (AvgIpc) is 2.25.